The third-order valence-corrected chi connectivity index (χ3v) is 3.91. The number of aliphatic hydroxyl groups is 1. The van der Waals surface area contributed by atoms with Crippen LogP contribution < -0.4 is 0 Å². The highest BCUT2D eigenvalue weighted by molar-refractivity contribution is 5.96. The molecule has 112 valence electrons. The molecule has 0 aromatic heterocycles. The lowest BCUT2D eigenvalue weighted by Gasteiger charge is -2.30. The van der Waals surface area contributed by atoms with Gasteiger partial charge in [-0.2, -0.15) is 0 Å². The zero-order valence-electron chi connectivity index (χ0n) is 12.2. The Bertz CT molecular complexity index is 440. The minimum absolute atomic E-state index is 0.138. The number of cyclic esters (lactones) is 1. The molecule has 2 rings (SSSR count). The van der Waals surface area contributed by atoms with Crippen molar-refractivity contribution in [3.8, 4) is 0 Å². The first kappa shape index (κ1) is 15.0. The van der Waals surface area contributed by atoms with Crippen LogP contribution in [0.5, 0.6) is 0 Å². The molecule has 0 aromatic carbocycles. The molecule has 2 aliphatic rings. The van der Waals surface area contributed by atoms with E-state index in [4.69, 9.17) is 9.47 Å². The number of aliphatic hydroxyl groups excluding tert-OH is 1. The van der Waals surface area contributed by atoms with Gasteiger partial charge in [-0.3, -0.25) is 9.59 Å². The van der Waals surface area contributed by atoms with Crippen molar-refractivity contribution in [1.29, 1.82) is 0 Å². The number of allylic oxidation sites excluding steroid dienone is 1. The Morgan fingerprint density at radius 1 is 1.45 bits per heavy atom. The van der Waals surface area contributed by atoms with Crippen LogP contribution in [0.3, 0.4) is 0 Å². The van der Waals surface area contributed by atoms with Crippen molar-refractivity contribution in [3.63, 3.8) is 0 Å². The van der Waals surface area contributed by atoms with E-state index in [1.807, 2.05) is 13.8 Å². The van der Waals surface area contributed by atoms with E-state index in [1.165, 1.54) is 6.08 Å². The molecule has 1 spiro atoms. The summed E-state index contributed by atoms with van der Waals surface area (Å²) in [7, 11) is 0. The summed E-state index contributed by atoms with van der Waals surface area (Å²) >= 11 is 0. The summed E-state index contributed by atoms with van der Waals surface area (Å²) in [6.07, 6.45) is 1.52. The van der Waals surface area contributed by atoms with Crippen LogP contribution in [0.15, 0.2) is 11.8 Å². The van der Waals surface area contributed by atoms with E-state index < -0.39 is 11.4 Å². The second-order valence-corrected chi connectivity index (χ2v) is 6.28. The Morgan fingerprint density at radius 3 is 2.80 bits per heavy atom. The van der Waals surface area contributed by atoms with Crippen LogP contribution in [0.25, 0.3) is 0 Å². The molecule has 0 radical (unpaired) electrons. The molecular weight excluding hydrogens is 260 g/mol. The van der Waals surface area contributed by atoms with Crippen LogP contribution in [-0.2, 0) is 19.1 Å². The van der Waals surface area contributed by atoms with Crippen molar-refractivity contribution >= 4 is 11.8 Å². The molecule has 1 aliphatic heterocycles. The van der Waals surface area contributed by atoms with Gasteiger partial charge in [-0.1, -0.05) is 20.8 Å². The van der Waals surface area contributed by atoms with Crippen LogP contribution in [0.1, 0.15) is 33.6 Å². The topological polar surface area (TPSA) is 72.8 Å². The van der Waals surface area contributed by atoms with E-state index in [0.29, 0.717) is 32.0 Å². The molecule has 0 bridgehead atoms. The van der Waals surface area contributed by atoms with Crippen molar-refractivity contribution in [2.75, 3.05) is 13.2 Å². The Balaban J connectivity index is 2.05. The maximum absolute atomic E-state index is 12.1. The number of carbonyl (C=O) groups excluding carboxylic acids is 2. The summed E-state index contributed by atoms with van der Waals surface area (Å²) in [6, 6.07) is 0. The Labute approximate surface area is 118 Å². The first-order valence-corrected chi connectivity index (χ1v) is 7.09. The lowest BCUT2D eigenvalue weighted by atomic mass is 9.71. The minimum atomic E-state index is -1.04. The fourth-order valence-electron chi connectivity index (χ4n) is 2.82. The molecule has 5 nitrogen and oxygen atoms in total. The molecule has 1 fully saturated rings. The van der Waals surface area contributed by atoms with Gasteiger partial charge in [0.15, 0.2) is 5.78 Å². The molecule has 1 saturated heterocycles. The quantitative estimate of drug-likeness (QED) is 0.798. The second-order valence-electron chi connectivity index (χ2n) is 6.28. The number of ether oxygens (including phenoxy) is 2. The van der Waals surface area contributed by atoms with E-state index in [9.17, 15) is 14.7 Å². The smallest absolute Gasteiger partial charge is 0.320 e. The molecule has 1 N–H and O–H groups in total. The van der Waals surface area contributed by atoms with E-state index in [-0.39, 0.29) is 23.6 Å². The first-order chi connectivity index (χ1) is 9.35. The van der Waals surface area contributed by atoms with Crippen molar-refractivity contribution in [1.82, 2.24) is 0 Å². The second kappa shape index (κ2) is 5.56. The van der Waals surface area contributed by atoms with Gasteiger partial charge in [-0.25, -0.2) is 0 Å². The largest absolute Gasteiger partial charge is 0.511 e. The monoisotopic (exact) mass is 282 g/mol. The molecule has 20 heavy (non-hydrogen) atoms. The van der Waals surface area contributed by atoms with Crippen molar-refractivity contribution in [2.24, 2.45) is 17.3 Å². The van der Waals surface area contributed by atoms with Gasteiger partial charge in [-0.05, 0) is 12.3 Å². The number of carbonyl (C=O) groups is 2. The molecule has 5 heteroatoms. The number of esters is 1. The van der Waals surface area contributed by atoms with Gasteiger partial charge in [0, 0.05) is 25.0 Å². The van der Waals surface area contributed by atoms with Gasteiger partial charge >= 0.3 is 5.97 Å². The summed E-state index contributed by atoms with van der Waals surface area (Å²) in [5, 5.41) is 10.0. The maximum atomic E-state index is 12.1. The summed E-state index contributed by atoms with van der Waals surface area (Å²) in [6.45, 7) is 6.80. The highest BCUT2D eigenvalue weighted by Crippen LogP contribution is 2.47. The molecule has 0 amide bonds. The van der Waals surface area contributed by atoms with Gasteiger partial charge in [0.25, 0.3) is 0 Å². The normalized spacial score (nSPS) is 33.7. The van der Waals surface area contributed by atoms with Gasteiger partial charge < -0.3 is 14.6 Å². The standard InChI is InChI=1S/C15H22O5/c1-9(2)7-19-8-11-6-15(14(18)20-11)5-10(3)12(16)4-13(15)17/h4,9-11,17H,5-8H2,1-3H3/t10-,11+,15-/m0/s1. The van der Waals surface area contributed by atoms with Crippen LogP contribution in [-0.4, -0.2) is 36.2 Å². The molecular formula is C15H22O5. The summed E-state index contributed by atoms with van der Waals surface area (Å²) < 4.78 is 10.8. The molecule has 3 atom stereocenters. The fraction of sp³-hybridized carbons (Fsp3) is 0.733. The molecule has 1 aliphatic carbocycles. The number of ketones is 1. The molecule has 0 unspecified atom stereocenters. The van der Waals surface area contributed by atoms with Crippen LogP contribution in [0.2, 0.25) is 0 Å². The summed E-state index contributed by atoms with van der Waals surface area (Å²) in [5.41, 5.74) is -1.04. The van der Waals surface area contributed by atoms with Gasteiger partial charge in [-0.15, -0.1) is 0 Å². The lowest BCUT2D eigenvalue weighted by molar-refractivity contribution is -0.151. The maximum Gasteiger partial charge on any atom is 0.320 e. The lowest BCUT2D eigenvalue weighted by Crippen LogP contribution is -2.37. The van der Waals surface area contributed by atoms with Crippen LogP contribution >= 0.6 is 0 Å². The Hall–Kier alpha value is -1.36. The highest BCUT2D eigenvalue weighted by Gasteiger charge is 2.55. The van der Waals surface area contributed by atoms with Crippen LogP contribution in [0.4, 0.5) is 0 Å². The van der Waals surface area contributed by atoms with Gasteiger partial charge in [0.2, 0.25) is 0 Å². The van der Waals surface area contributed by atoms with Crippen molar-refractivity contribution in [2.45, 2.75) is 39.7 Å². The number of rotatable bonds is 4. The van der Waals surface area contributed by atoms with Crippen LogP contribution in [0, 0.1) is 17.3 Å². The molecule has 0 aromatic rings. The number of hydrogen-bond acceptors (Lipinski definition) is 5. The average Bonchev–Trinajstić information content (AvgIpc) is 2.64. The van der Waals surface area contributed by atoms with Gasteiger partial charge in [0.05, 0.1) is 6.61 Å². The van der Waals surface area contributed by atoms with Gasteiger partial charge in [0.1, 0.15) is 17.3 Å². The Kier molecular flexibility index (Phi) is 4.18. The fourth-order valence-corrected chi connectivity index (χ4v) is 2.82. The van der Waals surface area contributed by atoms with E-state index in [1.54, 1.807) is 6.92 Å². The highest BCUT2D eigenvalue weighted by atomic mass is 16.6. The minimum Gasteiger partial charge on any atom is -0.511 e. The predicted octanol–water partition coefficient (Wildman–Crippen LogP) is 2.01. The first-order valence-electron chi connectivity index (χ1n) is 7.09. The van der Waals surface area contributed by atoms with E-state index in [0.717, 1.165) is 0 Å². The molecule has 1 heterocycles. The van der Waals surface area contributed by atoms with Crippen molar-refractivity contribution in [3.05, 3.63) is 11.8 Å². The van der Waals surface area contributed by atoms with E-state index in [2.05, 4.69) is 0 Å². The SMILES string of the molecule is CC(C)COC[C@H]1C[C@]2(C[C@H](C)C(=O)C=C2O)C(=O)O1. The third kappa shape index (κ3) is 2.73. The van der Waals surface area contributed by atoms with Crippen molar-refractivity contribution < 1.29 is 24.2 Å². The third-order valence-electron chi connectivity index (χ3n) is 3.91. The summed E-state index contributed by atoms with van der Waals surface area (Å²) in [5.74, 6) is -0.586. The molecule has 0 saturated carbocycles. The zero-order valence-corrected chi connectivity index (χ0v) is 12.2. The average molecular weight is 282 g/mol. The summed E-state index contributed by atoms with van der Waals surface area (Å²) in [4.78, 5) is 23.7. The number of hydrogen-bond donors (Lipinski definition) is 1. The zero-order chi connectivity index (χ0) is 14.9. The Morgan fingerprint density at radius 2 is 2.15 bits per heavy atom. The van der Waals surface area contributed by atoms with E-state index >= 15 is 0 Å². The predicted molar refractivity (Wildman–Crippen MR) is 72.1 cm³/mol.